The van der Waals surface area contributed by atoms with Crippen molar-refractivity contribution in [1.29, 1.82) is 0 Å². The zero-order valence-corrected chi connectivity index (χ0v) is 12.4. The van der Waals surface area contributed by atoms with E-state index in [0.29, 0.717) is 0 Å². The van der Waals surface area contributed by atoms with Crippen molar-refractivity contribution < 1.29 is 4.79 Å². The average Bonchev–Trinajstić information content (AvgIpc) is 3.09. The average molecular weight is 283 g/mol. The summed E-state index contributed by atoms with van der Waals surface area (Å²) < 4.78 is 2.04. The van der Waals surface area contributed by atoms with Crippen LogP contribution in [0.3, 0.4) is 0 Å². The summed E-state index contributed by atoms with van der Waals surface area (Å²) in [6.07, 6.45) is 4.00. The van der Waals surface area contributed by atoms with Crippen LogP contribution in [0.15, 0.2) is 48.8 Å². The van der Waals surface area contributed by atoms with Crippen molar-refractivity contribution in [3.05, 3.63) is 54.4 Å². The fraction of sp³-hybridized carbons (Fsp3) is 0.353. The molecule has 0 radical (unpaired) electrons. The van der Waals surface area contributed by atoms with Crippen LogP contribution in [0, 0.1) is 0 Å². The lowest BCUT2D eigenvalue weighted by Crippen LogP contribution is -2.48. The first-order valence-electron chi connectivity index (χ1n) is 7.53. The number of hydrogen-bond acceptors (Lipinski definition) is 2. The first kappa shape index (κ1) is 13.9. The minimum Gasteiger partial charge on any atom is -0.336 e. The molecular weight excluding hydrogens is 262 g/mol. The van der Waals surface area contributed by atoms with Crippen molar-refractivity contribution in [3.8, 4) is 5.69 Å². The van der Waals surface area contributed by atoms with E-state index in [4.69, 9.17) is 0 Å². The smallest absolute Gasteiger partial charge is 0.253 e. The number of likely N-dealkylation sites (N-methyl/N-ethyl adjacent to an activating group) is 1. The fourth-order valence-electron chi connectivity index (χ4n) is 2.73. The zero-order chi connectivity index (χ0) is 14.7. The SMILES string of the molecule is CCN1CCN(C(=O)c2ccc(-n3cccc3)cc2)CC1. The van der Waals surface area contributed by atoms with Gasteiger partial charge in [-0.3, -0.25) is 4.79 Å². The van der Waals surface area contributed by atoms with Gasteiger partial charge < -0.3 is 14.4 Å². The first-order chi connectivity index (χ1) is 10.3. The number of piperazine rings is 1. The van der Waals surface area contributed by atoms with Gasteiger partial charge >= 0.3 is 0 Å². The Morgan fingerprint density at radius 1 is 1.00 bits per heavy atom. The molecule has 1 aliphatic heterocycles. The fourth-order valence-corrected chi connectivity index (χ4v) is 2.73. The van der Waals surface area contributed by atoms with Gasteiger partial charge in [0.05, 0.1) is 0 Å². The van der Waals surface area contributed by atoms with Gasteiger partial charge in [-0.25, -0.2) is 0 Å². The molecule has 4 heteroatoms. The molecule has 4 nitrogen and oxygen atoms in total. The van der Waals surface area contributed by atoms with E-state index in [1.165, 1.54) is 0 Å². The van der Waals surface area contributed by atoms with E-state index in [9.17, 15) is 4.79 Å². The second-order valence-electron chi connectivity index (χ2n) is 5.36. The summed E-state index contributed by atoms with van der Waals surface area (Å²) in [5, 5.41) is 0. The van der Waals surface area contributed by atoms with Gasteiger partial charge in [0, 0.05) is 49.8 Å². The Balaban J connectivity index is 1.68. The molecule has 0 bridgehead atoms. The third-order valence-corrected chi connectivity index (χ3v) is 4.12. The first-order valence-corrected chi connectivity index (χ1v) is 7.53. The number of rotatable bonds is 3. The molecule has 2 heterocycles. The summed E-state index contributed by atoms with van der Waals surface area (Å²) in [6.45, 7) is 6.83. The Hall–Kier alpha value is -2.07. The highest BCUT2D eigenvalue weighted by molar-refractivity contribution is 5.94. The number of aromatic nitrogens is 1. The van der Waals surface area contributed by atoms with E-state index in [0.717, 1.165) is 44.0 Å². The molecule has 0 saturated carbocycles. The summed E-state index contributed by atoms with van der Waals surface area (Å²) in [4.78, 5) is 16.8. The molecule has 0 atom stereocenters. The Kier molecular flexibility index (Phi) is 4.06. The van der Waals surface area contributed by atoms with Crippen molar-refractivity contribution in [2.45, 2.75) is 6.92 Å². The predicted octanol–water partition coefficient (Wildman–Crippen LogP) is 2.26. The molecule has 0 unspecified atom stereocenters. The van der Waals surface area contributed by atoms with Crippen molar-refractivity contribution in [2.24, 2.45) is 0 Å². The quantitative estimate of drug-likeness (QED) is 0.864. The van der Waals surface area contributed by atoms with E-state index >= 15 is 0 Å². The van der Waals surface area contributed by atoms with Crippen LogP contribution < -0.4 is 0 Å². The molecule has 2 aromatic rings. The number of amides is 1. The number of carbonyl (C=O) groups is 1. The predicted molar refractivity (Wildman–Crippen MR) is 83.8 cm³/mol. The molecule has 1 aliphatic rings. The summed E-state index contributed by atoms with van der Waals surface area (Å²) in [5.74, 6) is 0.143. The highest BCUT2D eigenvalue weighted by Gasteiger charge is 2.21. The van der Waals surface area contributed by atoms with Gasteiger partial charge in [-0.2, -0.15) is 0 Å². The van der Waals surface area contributed by atoms with Gasteiger partial charge in [0.2, 0.25) is 0 Å². The van der Waals surface area contributed by atoms with Gasteiger partial charge in [-0.15, -0.1) is 0 Å². The van der Waals surface area contributed by atoms with Crippen LogP contribution in [0.2, 0.25) is 0 Å². The second-order valence-corrected chi connectivity index (χ2v) is 5.36. The van der Waals surface area contributed by atoms with Crippen LogP contribution in [0.25, 0.3) is 5.69 Å². The molecule has 1 aromatic carbocycles. The topological polar surface area (TPSA) is 28.5 Å². The minimum absolute atomic E-state index is 0.143. The Morgan fingerprint density at radius 3 is 2.19 bits per heavy atom. The molecule has 0 spiro atoms. The molecular formula is C17H21N3O. The van der Waals surface area contributed by atoms with Gasteiger partial charge in [0.25, 0.3) is 5.91 Å². The normalized spacial score (nSPS) is 16.1. The third-order valence-electron chi connectivity index (χ3n) is 4.12. The maximum atomic E-state index is 12.5. The van der Waals surface area contributed by atoms with E-state index in [-0.39, 0.29) is 5.91 Å². The van der Waals surface area contributed by atoms with Crippen molar-refractivity contribution in [3.63, 3.8) is 0 Å². The van der Waals surface area contributed by atoms with Gasteiger partial charge in [0.15, 0.2) is 0 Å². The summed E-state index contributed by atoms with van der Waals surface area (Å²) in [5.41, 5.74) is 1.85. The number of carbonyl (C=O) groups excluding carboxylic acids is 1. The lowest BCUT2D eigenvalue weighted by atomic mass is 10.1. The molecule has 0 aliphatic carbocycles. The van der Waals surface area contributed by atoms with Crippen LogP contribution in [0.5, 0.6) is 0 Å². The maximum absolute atomic E-state index is 12.5. The molecule has 1 fully saturated rings. The largest absolute Gasteiger partial charge is 0.336 e. The summed E-state index contributed by atoms with van der Waals surface area (Å²) in [7, 11) is 0. The van der Waals surface area contributed by atoms with Crippen molar-refractivity contribution >= 4 is 5.91 Å². The van der Waals surface area contributed by atoms with Crippen LogP contribution in [-0.4, -0.2) is 53.0 Å². The maximum Gasteiger partial charge on any atom is 0.253 e. The Labute approximate surface area is 125 Å². The van der Waals surface area contributed by atoms with Crippen LogP contribution in [0.1, 0.15) is 17.3 Å². The van der Waals surface area contributed by atoms with Crippen molar-refractivity contribution in [2.75, 3.05) is 32.7 Å². The van der Waals surface area contributed by atoms with E-state index < -0.39 is 0 Å². The van der Waals surface area contributed by atoms with Gasteiger partial charge in [-0.05, 0) is 42.9 Å². The number of hydrogen-bond donors (Lipinski definition) is 0. The number of nitrogens with zero attached hydrogens (tertiary/aromatic N) is 3. The van der Waals surface area contributed by atoms with Gasteiger partial charge in [0.1, 0.15) is 0 Å². The molecule has 0 N–H and O–H groups in total. The number of benzene rings is 1. The molecule has 1 aromatic heterocycles. The highest BCUT2D eigenvalue weighted by Crippen LogP contribution is 2.13. The summed E-state index contributed by atoms with van der Waals surface area (Å²) >= 11 is 0. The van der Waals surface area contributed by atoms with Crippen LogP contribution >= 0.6 is 0 Å². The lowest BCUT2D eigenvalue weighted by Gasteiger charge is -2.34. The minimum atomic E-state index is 0.143. The Bertz CT molecular complexity index is 581. The third kappa shape index (κ3) is 3.00. The molecule has 1 saturated heterocycles. The molecule has 21 heavy (non-hydrogen) atoms. The molecule has 1 amide bonds. The Morgan fingerprint density at radius 2 is 1.62 bits per heavy atom. The van der Waals surface area contributed by atoms with Gasteiger partial charge in [-0.1, -0.05) is 6.92 Å². The standard InChI is InChI=1S/C17H21N3O/c1-2-18-11-13-20(14-12-18)17(21)15-5-7-16(8-6-15)19-9-3-4-10-19/h3-10H,2,11-14H2,1H3. The highest BCUT2D eigenvalue weighted by atomic mass is 16.2. The summed E-state index contributed by atoms with van der Waals surface area (Å²) in [6, 6.07) is 11.8. The lowest BCUT2D eigenvalue weighted by molar-refractivity contribution is 0.0643. The zero-order valence-electron chi connectivity index (χ0n) is 12.4. The van der Waals surface area contributed by atoms with Crippen molar-refractivity contribution in [1.82, 2.24) is 14.4 Å². The second kappa shape index (κ2) is 6.14. The molecule has 110 valence electrons. The van der Waals surface area contributed by atoms with Crippen LogP contribution in [0.4, 0.5) is 0 Å². The van der Waals surface area contributed by atoms with E-state index in [2.05, 4.69) is 11.8 Å². The molecule has 3 rings (SSSR count). The monoisotopic (exact) mass is 283 g/mol. The van der Waals surface area contributed by atoms with E-state index in [1.807, 2.05) is 58.3 Å². The van der Waals surface area contributed by atoms with E-state index in [1.54, 1.807) is 0 Å². The van der Waals surface area contributed by atoms with Crippen LogP contribution in [-0.2, 0) is 0 Å².